The van der Waals surface area contributed by atoms with Gasteiger partial charge in [0.2, 0.25) is 5.91 Å². The van der Waals surface area contributed by atoms with Gasteiger partial charge in [-0.3, -0.25) is 14.3 Å². The zero-order valence-corrected chi connectivity index (χ0v) is 16.6. The fourth-order valence-electron chi connectivity index (χ4n) is 3.55. The van der Waals surface area contributed by atoms with Crippen molar-refractivity contribution in [1.29, 1.82) is 0 Å². The average molecular weight is 429 g/mol. The van der Waals surface area contributed by atoms with Crippen molar-refractivity contribution in [2.75, 3.05) is 6.54 Å². The summed E-state index contributed by atoms with van der Waals surface area (Å²) in [4.78, 5) is 26.0. The number of carbonyl (C=O) groups is 2. The number of benzene rings is 1. The van der Waals surface area contributed by atoms with Crippen LogP contribution in [0.4, 0.5) is 8.78 Å². The third-order valence-corrected chi connectivity index (χ3v) is 5.02. The molecule has 9 nitrogen and oxygen atoms in total. The summed E-state index contributed by atoms with van der Waals surface area (Å²) in [7, 11) is 0. The summed E-state index contributed by atoms with van der Waals surface area (Å²) in [5.74, 6) is -3.86. The van der Waals surface area contributed by atoms with Gasteiger partial charge < -0.3 is 10.2 Å². The van der Waals surface area contributed by atoms with E-state index in [1.807, 2.05) is 30.3 Å². The molecular formula is C20H21F2N7O2. The molecule has 2 aromatic heterocycles. The minimum absolute atomic E-state index is 0.0133. The minimum Gasteiger partial charge on any atom is -0.347 e. The van der Waals surface area contributed by atoms with Gasteiger partial charge in [-0.15, -0.1) is 5.10 Å². The predicted molar refractivity (Wildman–Crippen MR) is 105 cm³/mol. The predicted octanol–water partition coefficient (Wildman–Crippen LogP) is 1.34. The molecule has 4 rings (SSSR count). The highest BCUT2D eigenvalue weighted by Gasteiger charge is 2.47. The Morgan fingerprint density at radius 3 is 2.71 bits per heavy atom. The van der Waals surface area contributed by atoms with E-state index in [1.54, 1.807) is 12.3 Å². The zero-order valence-electron chi connectivity index (χ0n) is 16.6. The highest BCUT2D eigenvalue weighted by molar-refractivity contribution is 5.91. The topological polar surface area (TPSA) is 97.9 Å². The number of amides is 2. The van der Waals surface area contributed by atoms with E-state index in [4.69, 9.17) is 0 Å². The van der Waals surface area contributed by atoms with Gasteiger partial charge in [-0.05, 0) is 11.6 Å². The van der Waals surface area contributed by atoms with E-state index in [2.05, 4.69) is 20.7 Å². The van der Waals surface area contributed by atoms with E-state index in [1.165, 1.54) is 21.8 Å². The number of carbonyl (C=O) groups excluding carboxylic acids is 2. The molecule has 3 aromatic rings. The number of nitrogens with zero attached hydrogens (tertiary/aromatic N) is 6. The van der Waals surface area contributed by atoms with E-state index in [0.29, 0.717) is 6.54 Å². The van der Waals surface area contributed by atoms with Gasteiger partial charge in [0.15, 0.2) is 5.69 Å². The molecule has 0 spiro atoms. The molecule has 1 aliphatic heterocycles. The lowest BCUT2D eigenvalue weighted by Crippen LogP contribution is -2.40. The first-order valence-corrected chi connectivity index (χ1v) is 9.77. The van der Waals surface area contributed by atoms with Crippen LogP contribution in [0.3, 0.4) is 0 Å². The highest BCUT2D eigenvalue weighted by atomic mass is 19.3. The van der Waals surface area contributed by atoms with Crippen molar-refractivity contribution in [2.24, 2.45) is 0 Å². The number of halogens is 2. The van der Waals surface area contributed by atoms with Crippen molar-refractivity contribution < 1.29 is 18.4 Å². The van der Waals surface area contributed by atoms with Crippen LogP contribution < -0.4 is 5.32 Å². The van der Waals surface area contributed by atoms with Gasteiger partial charge in [0.1, 0.15) is 6.54 Å². The molecule has 1 N–H and O–H groups in total. The summed E-state index contributed by atoms with van der Waals surface area (Å²) in [5, 5.41) is 14.4. The van der Waals surface area contributed by atoms with E-state index in [-0.39, 0.29) is 18.8 Å². The molecule has 1 aliphatic rings. The van der Waals surface area contributed by atoms with Gasteiger partial charge in [-0.25, -0.2) is 13.5 Å². The molecular weight excluding hydrogens is 408 g/mol. The number of likely N-dealkylation sites (tertiary alicyclic amines) is 1. The van der Waals surface area contributed by atoms with Crippen molar-refractivity contribution >= 4 is 11.8 Å². The highest BCUT2D eigenvalue weighted by Crippen LogP contribution is 2.33. The Labute approximate surface area is 176 Å². The quantitative estimate of drug-likeness (QED) is 0.611. The van der Waals surface area contributed by atoms with Gasteiger partial charge in [-0.2, -0.15) is 5.10 Å². The summed E-state index contributed by atoms with van der Waals surface area (Å²) in [6.45, 7) is -0.433. The number of nitrogens with one attached hydrogen (secondary N) is 1. The smallest absolute Gasteiger partial charge is 0.273 e. The van der Waals surface area contributed by atoms with Crippen molar-refractivity contribution in [3.63, 3.8) is 0 Å². The Kier molecular flexibility index (Phi) is 5.74. The second-order valence-electron chi connectivity index (χ2n) is 7.43. The van der Waals surface area contributed by atoms with Gasteiger partial charge >= 0.3 is 0 Å². The molecule has 1 aromatic carbocycles. The molecule has 0 bridgehead atoms. The van der Waals surface area contributed by atoms with Gasteiger partial charge in [0, 0.05) is 25.4 Å². The van der Waals surface area contributed by atoms with Crippen LogP contribution in [0.15, 0.2) is 55.0 Å². The monoisotopic (exact) mass is 429 g/mol. The summed E-state index contributed by atoms with van der Waals surface area (Å²) >= 11 is 0. The third-order valence-electron chi connectivity index (χ3n) is 5.02. The lowest BCUT2D eigenvalue weighted by atomic mass is 10.2. The first kappa shape index (κ1) is 20.6. The summed E-state index contributed by atoms with van der Waals surface area (Å²) in [6, 6.07) is 10.3. The zero-order chi connectivity index (χ0) is 21.8. The molecule has 2 amide bonds. The largest absolute Gasteiger partial charge is 0.347 e. The Bertz CT molecular complexity index is 1040. The molecule has 1 saturated heterocycles. The Morgan fingerprint density at radius 2 is 1.97 bits per heavy atom. The molecule has 31 heavy (non-hydrogen) atoms. The molecule has 0 aliphatic carbocycles. The van der Waals surface area contributed by atoms with Gasteiger partial charge in [0.25, 0.3) is 11.8 Å². The molecule has 0 radical (unpaired) electrons. The maximum Gasteiger partial charge on any atom is 0.273 e. The van der Waals surface area contributed by atoms with Crippen LogP contribution in [-0.2, 0) is 24.4 Å². The summed E-state index contributed by atoms with van der Waals surface area (Å²) in [6.07, 6.45) is 4.03. The van der Waals surface area contributed by atoms with Crippen LogP contribution >= 0.6 is 0 Å². The molecule has 11 heteroatoms. The van der Waals surface area contributed by atoms with E-state index < -0.39 is 36.7 Å². The van der Waals surface area contributed by atoms with Crippen molar-refractivity contribution in [2.45, 2.75) is 38.0 Å². The number of alkyl halides is 2. The molecule has 162 valence electrons. The molecule has 0 saturated carbocycles. The Morgan fingerprint density at radius 1 is 1.16 bits per heavy atom. The summed E-state index contributed by atoms with van der Waals surface area (Å²) < 4.78 is 30.8. The molecule has 3 heterocycles. The van der Waals surface area contributed by atoms with Crippen molar-refractivity contribution in [3.05, 3.63) is 66.2 Å². The molecule has 1 atom stereocenters. The normalized spacial score (nSPS) is 17.6. The van der Waals surface area contributed by atoms with Gasteiger partial charge in [0.05, 0.1) is 25.3 Å². The minimum atomic E-state index is -2.99. The third kappa shape index (κ3) is 5.11. The molecule has 0 unspecified atom stereocenters. The number of rotatable bonds is 7. The lowest BCUT2D eigenvalue weighted by Gasteiger charge is -2.23. The standard InChI is InChI=1S/C20H21F2N7O2/c21-20(22)9-16(29(14-20)18(30)13-27-8-4-7-24-27)11-28-12-17(25-26-28)19(31)23-10-15-5-2-1-3-6-15/h1-8,12,16H,9-11,13-14H2,(H,23,31)/t16-/m0/s1. The van der Waals surface area contributed by atoms with Gasteiger partial charge in [-0.1, -0.05) is 35.5 Å². The average Bonchev–Trinajstić information content (AvgIpc) is 3.48. The van der Waals surface area contributed by atoms with E-state index in [9.17, 15) is 18.4 Å². The SMILES string of the molecule is O=C(NCc1ccccc1)c1cn(C[C@@H]2CC(F)(F)CN2C(=O)Cn2cccn2)nn1. The van der Waals surface area contributed by atoms with Crippen molar-refractivity contribution in [3.8, 4) is 0 Å². The summed E-state index contributed by atoms with van der Waals surface area (Å²) in [5.41, 5.74) is 1.01. The van der Waals surface area contributed by atoms with Crippen LogP contribution in [-0.4, -0.2) is 60.0 Å². The number of aromatic nitrogens is 5. The Hall–Kier alpha value is -3.63. The fourth-order valence-corrected chi connectivity index (χ4v) is 3.55. The maximum absolute atomic E-state index is 14.1. The van der Waals surface area contributed by atoms with Crippen LogP contribution in [0.25, 0.3) is 0 Å². The first-order chi connectivity index (χ1) is 14.9. The maximum atomic E-state index is 14.1. The van der Waals surface area contributed by atoms with Crippen LogP contribution in [0, 0.1) is 0 Å². The first-order valence-electron chi connectivity index (χ1n) is 9.77. The lowest BCUT2D eigenvalue weighted by molar-refractivity contribution is -0.134. The Balaban J connectivity index is 1.38. The fraction of sp³-hybridized carbons (Fsp3) is 0.350. The molecule has 1 fully saturated rings. The van der Waals surface area contributed by atoms with E-state index >= 15 is 0 Å². The second kappa shape index (κ2) is 8.62. The second-order valence-corrected chi connectivity index (χ2v) is 7.43. The van der Waals surface area contributed by atoms with Crippen LogP contribution in [0.5, 0.6) is 0 Å². The van der Waals surface area contributed by atoms with E-state index in [0.717, 1.165) is 10.5 Å². The van der Waals surface area contributed by atoms with Crippen LogP contribution in [0.1, 0.15) is 22.5 Å². The van der Waals surface area contributed by atoms with Crippen molar-refractivity contribution in [1.82, 2.24) is 35.0 Å². The number of hydrogen-bond donors (Lipinski definition) is 1. The van der Waals surface area contributed by atoms with Crippen LogP contribution in [0.2, 0.25) is 0 Å². The number of hydrogen-bond acceptors (Lipinski definition) is 5.